The predicted octanol–water partition coefficient (Wildman–Crippen LogP) is 1.18. The molecule has 0 saturated heterocycles. The Hall–Kier alpha value is -1.68. The summed E-state index contributed by atoms with van der Waals surface area (Å²) in [4.78, 5) is 11.9. The zero-order valence-corrected chi connectivity index (χ0v) is 9.03. The summed E-state index contributed by atoms with van der Waals surface area (Å²) in [6, 6.07) is 6.20. The third-order valence-corrected chi connectivity index (χ3v) is 2.68. The Labute approximate surface area is 92.3 Å². The molecule has 3 nitrogen and oxygen atoms in total. The standard InChI is InChI=1S/C12H13FN2O/c1-15-11-7-10(13)3-2-8(11)6-9(4-5-14)12(15)16/h2-3,6-7H,4-5,14H2,1H3. The van der Waals surface area contributed by atoms with Crippen molar-refractivity contribution >= 4 is 10.9 Å². The van der Waals surface area contributed by atoms with Crippen LogP contribution in [0.25, 0.3) is 10.9 Å². The molecule has 4 heteroatoms. The number of fused-ring (bicyclic) bond motifs is 1. The van der Waals surface area contributed by atoms with Crippen LogP contribution in [0.4, 0.5) is 4.39 Å². The van der Waals surface area contributed by atoms with Gasteiger partial charge >= 0.3 is 0 Å². The van der Waals surface area contributed by atoms with E-state index in [2.05, 4.69) is 0 Å². The average molecular weight is 220 g/mol. The number of benzene rings is 1. The van der Waals surface area contributed by atoms with E-state index in [4.69, 9.17) is 5.73 Å². The van der Waals surface area contributed by atoms with Crippen LogP contribution in [-0.2, 0) is 13.5 Å². The number of aryl methyl sites for hydroxylation is 1. The van der Waals surface area contributed by atoms with E-state index >= 15 is 0 Å². The van der Waals surface area contributed by atoms with Crippen LogP contribution >= 0.6 is 0 Å². The lowest BCUT2D eigenvalue weighted by atomic mass is 10.1. The van der Waals surface area contributed by atoms with Crippen molar-refractivity contribution in [3.63, 3.8) is 0 Å². The third kappa shape index (κ3) is 1.72. The van der Waals surface area contributed by atoms with Crippen LogP contribution in [0, 0.1) is 5.82 Å². The number of hydrogen-bond acceptors (Lipinski definition) is 2. The first-order valence-corrected chi connectivity index (χ1v) is 5.11. The molecular formula is C12H13FN2O. The molecule has 0 bridgehead atoms. The Balaban J connectivity index is 2.78. The molecule has 16 heavy (non-hydrogen) atoms. The van der Waals surface area contributed by atoms with Gasteiger partial charge in [0.1, 0.15) is 5.82 Å². The lowest BCUT2D eigenvalue weighted by Gasteiger charge is -2.08. The first kappa shape index (κ1) is 10.8. The van der Waals surface area contributed by atoms with Crippen molar-refractivity contribution in [2.24, 2.45) is 12.8 Å². The van der Waals surface area contributed by atoms with Crippen LogP contribution in [0.15, 0.2) is 29.1 Å². The van der Waals surface area contributed by atoms with Crippen molar-refractivity contribution in [3.8, 4) is 0 Å². The molecule has 0 fully saturated rings. The highest BCUT2D eigenvalue weighted by atomic mass is 19.1. The Morgan fingerprint density at radius 3 is 2.81 bits per heavy atom. The fourth-order valence-corrected chi connectivity index (χ4v) is 1.84. The zero-order chi connectivity index (χ0) is 11.7. The second-order valence-electron chi connectivity index (χ2n) is 3.78. The number of hydrogen-bond donors (Lipinski definition) is 1. The highest BCUT2D eigenvalue weighted by Crippen LogP contribution is 2.14. The van der Waals surface area contributed by atoms with Crippen LogP contribution in [0.2, 0.25) is 0 Å². The van der Waals surface area contributed by atoms with Gasteiger partial charge in [-0.3, -0.25) is 4.79 Å². The molecule has 0 spiro atoms. The molecule has 1 heterocycles. The molecule has 0 amide bonds. The summed E-state index contributed by atoms with van der Waals surface area (Å²) in [6.45, 7) is 0.432. The molecule has 2 aromatic rings. The SMILES string of the molecule is Cn1c(=O)c(CCN)cc2ccc(F)cc21. The molecule has 2 rings (SSSR count). The predicted molar refractivity (Wildman–Crippen MR) is 61.9 cm³/mol. The summed E-state index contributed by atoms with van der Waals surface area (Å²) in [5.41, 5.74) is 6.60. The number of nitrogens with zero attached hydrogens (tertiary/aromatic N) is 1. The van der Waals surface area contributed by atoms with E-state index in [1.165, 1.54) is 16.7 Å². The summed E-state index contributed by atoms with van der Waals surface area (Å²) >= 11 is 0. The van der Waals surface area contributed by atoms with Crippen LogP contribution in [-0.4, -0.2) is 11.1 Å². The second-order valence-corrected chi connectivity index (χ2v) is 3.78. The van der Waals surface area contributed by atoms with Crippen LogP contribution in [0.5, 0.6) is 0 Å². The summed E-state index contributed by atoms with van der Waals surface area (Å²) in [6.07, 6.45) is 0.542. The molecule has 0 unspecified atom stereocenters. The molecule has 0 aliphatic rings. The smallest absolute Gasteiger partial charge is 0.254 e. The van der Waals surface area contributed by atoms with Gasteiger partial charge in [-0.2, -0.15) is 0 Å². The Bertz CT molecular complexity index is 589. The Morgan fingerprint density at radius 2 is 2.12 bits per heavy atom. The maximum Gasteiger partial charge on any atom is 0.254 e. The van der Waals surface area contributed by atoms with E-state index in [9.17, 15) is 9.18 Å². The van der Waals surface area contributed by atoms with Gasteiger partial charge in [0.2, 0.25) is 0 Å². The van der Waals surface area contributed by atoms with Crippen molar-refractivity contribution in [2.45, 2.75) is 6.42 Å². The van der Waals surface area contributed by atoms with E-state index in [-0.39, 0.29) is 11.4 Å². The minimum Gasteiger partial charge on any atom is -0.330 e. The molecule has 0 saturated carbocycles. The van der Waals surface area contributed by atoms with Crippen molar-refractivity contribution in [1.29, 1.82) is 0 Å². The fraction of sp³-hybridized carbons (Fsp3) is 0.250. The van der Waals surface area contributed by atoms with Gasteiger partial charge in [-0.15, -0.1) is 0 Å². The zero-order valence-electron chi connectivity index (χ0n) is 9.03. The molecule has 1 aromatic heterocycles. The number of rotatable bonds is 2. The summed E-state index contributed by atoms with van der Waals surface area (Å²) < 4.78 is 14.5. The highest BCUT2D eigenvalue weighted by Gasteiger charge is 2.06. The van der Waals surface area contributed by atoms with E-state index in [0.717, 1.165) is 5.39 Å². The van der Waals surface area contributed by atoms with Gasteiger partial charge in [-0.1, -0.05) is 0 Å². The topological polar surface area (TPSA) is 48.0 Å². The van der Waals surface area contributed by atoms with Gasteiger partial charge in [0.15, 0.2) is 0 Å². The second kappa shape index (κ2) is 4.06. The van der Waals surface area contributed by atoms with Crippen molar-refractivity contribution in [3.05, 3.63) is 46.0 Å². The number of nitrogens with two attached hydrogens (primary N) is 1. The van der Waals surface area contributed by atoms with E-state index < -0.39 is 0 Å². The lowest BCUT2D eigenvalue weighted by molar-refractivity contribution is 0.628. The highest BCUT2D eigenvalue weighted by molar-refractivity contribution is 5.79. The molecule has 0 atom stereocenters. The monoisotopic (exact) mass is 220 g/mol. The van der Waals surface area contributed by atoms with Gasteiger partial charge in [0, 0.05) is 12.6 Å². The quantitative estimate of drug-likeness (QED) is 0.826. The molecular weight excluding hydrogens is 207 g/mol. The first-order valence-electron chi connectivity index (χ1n) is 5.11. The van der Waals surface area contributed by atoms with Crippen LogP contribution in [0.3, 0.4) is 0 Å². The first-order chi connectivity index (χ1) is 7.63. The molecule has 0 radical (unpaired) electrons. The maximum atomic E-state index is 13.1. The van der Waals surface area contributed by atoms with Gasteiger partial charge in [0.05, 0.1) is 5.52 Å². The number of halogens is 1. The number of pyridine rings is 1. The summed E-state index contributed by atoms with van der Waals surface area (Å²) in [5.74, 6) is -0.339. The number of aromatic nitrogens is 1. The molecule has 0 aliphatic heterocycles. The summed E-state index contributed by atoms with van der Waals surface area (Å²) in [5, 5.41) is 0.854. The van der Waals surface area contributed by atoms with Gasteiger partial charge in [-0.25, -0.2) is 4.39 Å². The van der Waals surface area contributed by atoms with Crippen molar-refractivity contribution in [2.75, 3.05) is 6.54 Å². The normalized spacial score (nSPS) is 10.9. The summed E-state index contributed by atoms with van der Waals surface area (Å²) in [7, 11) is 1.64. The van der Waals surface area contributed by atoms with E-state index in [1.807, 2.05) is 0 Å². The van der Waals surface area contributed by atoms with E-state index in [1.54, 1.807) is 19.2 Å². The molecule has 2 N–H and O–H groups in total. The van der Waals surface area contributed by atoms with Crippen LogP contribution in [0.1, 0.15) is 5.56 Å². The maximum absolute atomic E-state index is 13.1. The van der Waals surface area contributed by atoms with Crippen molar-refractivity contribution in [1.82, 2.24) is 4.57 Å². The van der Waals surface area contributed by atoms with Crippen LogP contribution < -0.4 is 11.3 Å². The lowest BCUT2D eigenvalue weighted by Crippen LogP contribution is -2.23. The molecule has 1 aromatic carbocycles. The third-order valence-electron chi connectivity index (χ3n) is 2.68. The van der Waals surface area contributed by atoms with Gasteiger partial charge < -0.3 is 10.3 Å². The average Bonchev–Trinajstić information content (AvgIpc) is 2.27. The Kier molecular flexibility index (Phi) is 2.75. The fourth-order valence-electron chi connectivity index (χ4n) is 1.84. The minimum atomic E-state index is -0.339. The van der Waals surface area contributed by atoms with E-state index in [0.29, 0.717) is 24.0 Å². The minimum absolute atomic E-state index is 0.108. The molecule has 0 aliphatic carbocycles. The Morgan fingerprint density at radius 1 is 1.38 bits per heavy atom. The molecule has 84 valence electrons. The largest absolute Gasteiger partial charge is 0.330 e. The van der Waals surface area contributed by atoms with Gasteiger partial charge in [-0.05, 0) is 42.6 Å². The van der Waals surface area contributed by atoms with Crippen molar-refractivity contribution < 1.29 is 4.39 Å². The van der Waals surface area contributed by atoms with Gasteiger partial charge in [0.25, 0.3) is 5.56 Å².